The van der Waals surface area contributed by atoms with E-state index in [1.807, 2.05) is 42.5 Å². The van der Waals surface area contributed by atoms with Crippen molar-refractivity contribution in [3.05, 3.63) is 59.1 Å². The molecule has 0 atom stereocenters. The highest BCUT2D eigenvalue weighted by atomic mass is 35.5. The maximum absolute atomic E-state index is 6.04. The van der Waals surface area contributed by atoms with Crippen LogP contribution in [0.3, 0.4) is 0 Å². The van der Waals surface area contributed by atoms with Crippen molar-refractivity contribution in [1.29, 1.82) is 0 Å². The Morgan fingerprint density at radius 2 is 1.68 bits per heavy atom. The van der Waals surface area contributed by atoms with Crippen molar-refractivity contribution in [2.75, 3.05) is 39.5 Å². The van der Waals surface area contributed by atoms with E-state index in [0.717, 1.165) is 42.6 Å². The van der Waals surface area contributed by atoms with Crippen LogP contribution in [0.4, 0.5) is 0 Å². The van der Waals surface area contributed by atoms with Gasteiger partial charge < -0.3 is 19.1 Å². The number of ether oxygens (including phenoxy) is 3. The zero-order valence-electron chi connectivity index (χ0n) is 13.8. The monoisotopic (exact) mass is 377 g/mol. The van der Waals surface area contributed by atoms with E-state index < -0.39 is 0 Å². The molecule has 6 heteroatoms. The van der Waals surface area contributed by atoms with E-state index in [9.17, 15) is 0 Å². The average molecular weight is 378 g/mol. The Bertz CT molecular complexity index is 702. The highest BCUT2D eigenvalue weighted by Gasteiger charge is 2.15. The van der Waals surface area contributed by atoms with Crippen LogP contribution in [0, 0.1) is 0 Å². The third kappa shape index (κ3) is 5.08. The molecule has 0 bridgehead atoms. The zero-order chi connectivity index (χ0) is 17.5. The Kier molecular flexibility index (Phi) is 6.50. The molecule has 1 aliphatic rings. The maximum Gasteiger partial charge on any atom is 0.138 e. The number of hydrogen-bond acceptors (Lipinski definition) is 4. The van der Waals surface area contributed by atoms with Crippen LogP contribution in [0.2, 0.25) is 5.02 Å². The van der Waals surface area contributed by atoms with Crippen LogP contribution in [-0.2, 0) is 4.74 Å². The number of hydrogen-bond donors (Lipinski definition) is 0. The molecule has 1 saturated heterocycles. The molecule has 2 aromatic carbocycles. The Morgan fingerprint density at radius 3 is 2.40 bits per heavy atom. The van der Waals surface area contributed by atoms with Crippen LogP contribution in [0.1, 0.15) is 5.56 Å². The first kappa shape index (κ1) is 18.0. The van der Waals surface area contributed by atoms with Crippen molar-refractivity contribution >= 4 is 28.8 Å². The van der Waals surface area contributed by atoms with Crippen molar-refractivity contribution in [2.45, 2.75) is 0 Å². The molecule has 1 heterocycles. The van der Waals surface area contributed by atoms with Crippen LogP contribution >= 0.6 is 23.8 Å². The van der Waals surface area contributed by atoms with Crippen molar-refractivity contribution in [3.63, 3.8) is 0 Å². The molecule has 0 saturated carbocycles. The fourth-order valence-electron chi connectivity index (χ4n) is 2.52. The number of rotatable bonds is 6. The molecule has 0 spiro atoms. The van der Waals surface area contributed by atoms with Gasteiger partial charge >= 0.3 is 0 Å². The molecule has 0 N–H and O–H groups in total. The van der Waals surface area contributed by atoms with E-state index in [2.05, 4.69) is 4.90 Å². The summed E-state index contributed by atoms with van der Waals surface area (Å²) in [5.41, 5.74) is 1.02. The van der Waals surface area contributed by atoms with Crippen LogP contribution in [0.5, 0.6) is 11.5 Å². The second-order valence-corrected chi connectivity index (χ2v) is 6.35. The Balaban J connectivity index is 1.46. The van der Waals surface area contributed by atoms with Gasteiger partial charge in [0.05, 0.1) is 18.2 Å². The SMILES string of the molecule is S=C(c1ccc(OCCOc2ccccc2Cl)cc1)N1CCOCC1. The van der Waals surface area contributed by atoms with Crippen LogP contribution in [0.15, 0.2) is 48.5 Å². The fraction of sp³-hybridized carbons (Fsp3) is 0.316. The summed E-state index contributed by atoms with van der Waals surface area (Å²) in [5.74, 6) is 1.45. The van der Waals surface area contributed by atoms with E-state index in [1.54, 1.807) is 6.07 Å². The van der Waals surface area contributed by atoms with Gasteiger partial charge in [0.25, 0.3) is 0 Å². The first-order valence-electron chi connectivity index (χ1n) is 8.21. The van der Waals surface area contributed by atoms with Gasteiger partial charge in [0.1, 0.15) is 29.7 Å². The summed E-state index contributed by atoms with van der Waals surface area (Å²) >= 11 is 11.6. The largest absolute Gasteiger partial charge is 0.490 e. The lowest BCUT2D eigenvalue weighted by atomic mass is 10.2. The Labute approximate surface area is 158 Å². The molecule has 0 aromatic heterocycles. The molecule has 0 amide bonds. The fourth-order valence-corrected chi connectivity index (χ4v) is 3.02. The molecule has 0 aliphatic carbocycles. The van der Waals surface area contributed by atoms with E-state index in [-0.39, 0.29) is 0 Å². The number of para-hydroxylation sites is 1. The molecule has 2 aromatic rings. The maximum atomic E-state index is 6.04. The van der Waals surface area contributed by atoms with Crippen molar-refractivity contribution in [1.82, 2.24) is 4.90 Å². The zero-order valence-corrected chi connectivity index (χ0v) is 15.4. The standard InChI is InChI=1S/C19H20ClNO3S/c20-17-3-1-2-4-18(17)24-14-13-23-16-7-5-15(6-8-16)19(25)21-9-11-22-12-10-21/h1-8H,9-14H2. The molecule has 132 valence electrons. The number of halogens is 1. The summed E-state index contributed by atoms with van der Waals surface area (Å²) in [7, 11) is 0. The van der Waals surface area contributed by atoms with Gasteiger partial charge in [-0.25, -0.2) is 0 Å². The van der Waals surface area contributed by atoms with E-state index in [0.29, 0.717) is 24.0 Å². The minimum atomic E-state index is 0.428. The molecule has 0 radical (unpaired) electrons. The molecule has 25 heavy (non-hydrogen) atoms. The van der Waals surface area contributed by atoms with Crippen molar-refractivity contribution in [3.8, 4) is 11.5 Å². The van der Waals surface area contributed by atoms with Gasteiger partial charge in [0, 0.05) is 18.7 Å². The summed E-state index contributed by atoms with van der Waals surface area (Å²) in [6, 6.07) is 15.2. The van der Waals surface area contributed by atoms with Gasteiger partial charge in [0.2, 0.25) is 0 Å². The first-order valence-corrected chi connectivity index (χ1v) is 9.00. The van der Waals surface area contributed by atoms with Gasteiger partial charge in [-0.1, -0.05) is 36.0 Å². The predicted octanol–water partition coefficient (Wildman–Crippen LogP) is 3.81. The van der Waals surface area contributed by atoms with Gasteiger partial charge in [-0.2, -0.15) is 0 Å². The first-order chi connectivity index (χ1) is 12.2. The van der Waals surface area contributed by atoms with Crippen LogP contribution in [0.25, 0.3) is 0 Å². The van der Waals surface area contributed by atoms with Gasteiger partial charge in [-0.15, -0.1) is 0 Å². The average Bonchev–Trinajstić information content (AvgIpc) is 2.67. The minimum Gasteiger partial charge on any atom is -0.490 e. The van der Waals surface area contributed by atoms with Crippen molar-refractivity contribution in [2.24, 2.45) is 0 Å². The van der Waals surface area contributed by atoms with Gasteiger partial charge in [0.15, 0.2) is 0 Å². The van der Waals surface area contributed by atoms with E-state index >= 15 is 0 Å². The van der Waals surface area contributed by atoms with Gasteiger partial charge in [-0.3, -0.25) is 0 Å². The third-order valence-electron chi connectivity index (χ3n) is 3.85. The molecule has 1 aliphatic heterocycles. The van der Waals surface area contributed by atoms with E-state index in [1.165, 1.54) is 0 Å². The normalized spacial score (nSPS) is 14.2. The highest BCUT2D eigenvalue weighted by molar-refractivity contribution is 7.80. The number of morpholine rings is 1. The third-order valence-corrected chi connectivity index (χ3v) is 4.65. The molecule has 0 unspecified atom stereocenters. The molecule has 1 fully saturated rings. The van der Waals surface area contributed by atoms with Crippen LogP contribution < -0.4 is 9.47 Å². The molecular weight excluding hydrogens is 358 g/mol. The summed E-state index contributed by atoms with van der Waals surface area (Å²) in [6.07, 6.45) is 0. The predicted molar refractivity (Wildman–Crippen MR) is 103 cm³/mol. The smallest absolute Gasteiger partial charge is 0.138 e. The van der Waals surface area contributed by atoms with Gasteiger partial charge in [-0.05, 0) is 36.4 Å². The molecular formula is C19H20ClNO3S. The molecule has 3 rings (SSSR count). The lowest BCUT2D eigenvalue weighted by Gasteiger charge is -2.29. The lowest BCUT2D eigenvalue weighted by molar-refractivity contribution is 0.0693. The number of benzene rings is 2. The van der Waals surface area contributed by atoms with Crippen LogP contribution in [-0.4, -0.2) is 49.4 Å². The Hall–Kier alpha value is -1.82. The second-order valence-electron chi connectivity index (χ2n) is 5.56. The quantitative estimate of drug-likeness (QED) is 0.564. The summed E-state index contributed by atoms with van der Waals surface area (Å²) < 4.78 is 16.7. The summed E-state index contributed by atoms with van der Waals surface area (Å²) in [6.45, 7) is 4.02. The number of nitrogens with zero attached hydrogens (tertiary/aromatic N) is 1. The summed E-state index contributed by atoms with van der Waals surface area (Å²) in [5, 5.41) is 0.600. The minimum absolute atomic E-state index is 0.428. The Morgan fingerprint density at radius 1 is 1.00 bits per heavy atom. The highest BCUT2D eigenvalue weighted by Crippen LogP contribution is 2.23. The van der Waals surface area contributed by atoms with Crippen molar-refractivity contribution < 1.29 is 14.2 Å². The van der Waals surface area contributed by atoms with E-state index in [4.69, 9.17) is 38.0 Å². The second kappa shape index (κ2) is 9.04. The topological polar surface area (TPSA) is 30.9 Å². The number of thiocarbonyl (C=S) groups is 1. The lowest BCUT2D eigenvalue weighted by Crippen LogP contribution is -2.40. The molecule has 4 nitrogen and oxygen atoms in total. The summed E-state index contributed by atoms with van der Waals surface area (Å²) in [4.78, 5) is 3.03.